The van der Waals surface area contributed by atoms with Crippen LogP contribution in [0.15, 0.2) is 91.0 Å². The summed E-state index contributed by atoms with van der Waals surface area (Å²) in [6.45, 7) is 0. The number of nitrogens with two attached hydrogens (primary N) is 1. The van der Waals surface area contributed by atoms with Crippen molar-refractivity contribution >= 4 is 5.69 Å². The van der Waals surface area contributed by atoms with Gasteiger partial charge in [0.25, 0.3) is 0 Å². The summed E-state index contributed by atoms with van der Waals surface area (Å²) in [6, 6.07) is 30.6. The SMILES string of the molecule is Nc1ccccc1.c1ccc(Cc2ccccc2)cc1. The number of rotatable bonds is 2. The molecule has 0 amide bonds. The van der Waals surface area contributed by atoms with Crippen molar-refractivity contribution in [2.45, 2.75) is 6.42 Å². The molecule has 0 radical (unpaired) electrons. The van der Waals surface area contributed by atoms with Gasteiger partial charge in [0.1, 0.15) is 0 Å². The van der Waals surface area contributed by atoms with Gasteiger partial charge in [0.2, 0.25) is 0 Å². The molecule has 0 aromatic heterocycles. The fourth-order valence-electron chi connectivity index (χ4n) is 1.88. The van der Waals surface area contributed by atoms with Crippen molar-refractivity contribution < 1.29 is 0 Å². The van der Waals surface area contributed by atoms with Gasteiger partial charge in [0.05, 0.1) is 0 Å². The molecule has 2 N–H and O–H groups in total. The first-order valence-corrected chi connectivity index (χ1v) is 6.73. The number of benzene rings is 3. The summed E-state index contributed by atoms with van der Waals surface area (Å²) in [6.07, 6.45) is 1.03. The van der Waals surface area contributed by atoms with Gasteiger partial charge in [-0.1, -0.05) is 78.9 Å². The van der Waals surface area contributed by atoms with Gasteiger partial charge >= 0.3 is 0 Å². The van der Waals surface area contributed by atoms with Gasteiger partial charge in [-0.05, 0) is 29.7 Å². The summed E-state index contributed by atoms with van der Waals surface area (Å²) in [5.74, 6) is 0. The van der Waals surface area contributed by atoms with E-state index in [9.17, 15) is 0 Å². The lowest BCUT2D eigenvalue weighted by Gasteiger charge is -2.00. The van der Waals surface area contributed by atoms with Crippen molar-refractivity contribution in [3.63, 3.8) is 0 Å². The van der Waals surface area contributed by atoms with Crippen LogP contribution in [0.4, 0.5) is 5.69 Å². The first kappa shape index (κ1) is 13.9. The average molecular weight is 261 g/mol. The smallest absolute Gasteiger partial charge is 0.0313 e. The van der Waals surface area contributed by atoms with Gasteiger partial charge in [-0.25, -0.2) is 0 Å². The third-order valence-electron chi connectivity index (χ3n) is 2.89. The molecular formula is C19H19N. The third-order valence-corrected chi connectivity index (χ3v) is 2.89. The summed E-state index contributed by atoms with van der Waals surface area (Å²) < 4.78 is 0. The Morgan fingerprint density at radius 2 is 0.850 bits per heavy atom. The van der Waals surface area contributed by atoms with E-state index >= 15 is 0 Å². The molecule has 20 heavy (non-hydrogen) atoms. The summed E-state index contributed by atoms with van der Waals surface area (Å²) in [5.41, 5.74) is 8.92. The zero-order chi connectivity index (χ0) is 14.0. The summed E-state index contributed by atoms with van der Waals surface area (Å²) in [7, 11) is 0. The first-order valence-electron chi connectivity index (χ1n) is 6.73. The topological polar surface area (TPSA) is 26.0 Å². The number of nitrogen functional groups attached to an aromatic ring is 1. The van der Waals surface area contributed by atoms with E-state index in [-0.39, 0.29) is 0 Å². The molecule has 1 nitrogen and oxygen atoms in total. The highest BCUT2D eigenvalue weighted by Crippen LogP contribution is 2.07. The van der Waals surface area contributed by atoms with Gasteiger partial charge in [-0.15, -0.1) is 0 Å². The lowest BCUT2D eigenvalue weighted by molar-refractivity contribution is 1.19. The molecule has 0 saturated heterocycles. The number of hydrogen-bond donors (Lipinski definition) is 1. The largest absolute Gasteiger partial charge is 0.399 e. The normalized spacial score (nSPS) is 9.40. The Morgan fingerprint density at radius 3 is 1.15 bits per heavy atom. The highest BCUT2D eigenvalue weighted by molar-refractivity contribution is 5.35. The molecule has 0 aliphatic carbocycles. The van der Waals surface area contributed by atoms with Crippen molar-refractivity contribution in [1.29, 1.82) is 0 Å². The molecule has 0 fully saturated rings. The fourth-order valence-corrected chi connectivity index (χ4v) is 1.88. The summed E-state index contributed by atoms with van der Waals surface area (Å²) in [5, 5.41) is 0. The Bertz CT molecular complexity index is 551. The molecule has 0 bridgehead atoms. The molecule has 3 aromatic rings. The van der Waals surface area contributed by atoms with Gasteiger partial charge < -0.3 is 5.73 Å². The lowest BCUT2D eigenvalue weighted by Crippen LogP contribution is -1.85. The van der Waals surface area contributed by atoms with E-state index in [1.807, 2.05) is 30.3 Å². The van der Waals surface area contributed by atoms with E-state index < -0.39 is 0 Å². The van der Waals surface area contributed by atoms with Crippen LogP contribution in [0, 0.1) is 0 Å². The molecule has 0 aliphatic heterocycles. The predicted molar refractivity (Wildman–Crippen MR) is 86.5 cm³/mol. The Labute approximate surface area is 120 Å². The second-order valence-electron chi connectivity index (χ2n) is 4.56. The van der Waals surface area contributed by atoms with Crippen molar-refractivity contribution in [2.75, 3.05) is 5.73 Å². The molecule has 3 rings (SSSR count). The molecule has 100 valence electrons. The maximum Gasteiger partial charge on any atom is 0.0313 e. The highest BCUT2D eigenvalue weighted by Gasteiger charge is 1.92. The summed E-state index contributed by atoms with van der Waals surface area (Å²) in [4.78, 5) is 0. The van der Waals surface area contributed by atoms with Crippen LogP contribution in [0.2, 0.25) is 0 Å². The van der Waals surface area contributed by atoms with E-state index in [1.165, 1.54) is 11.1 Å². The third kappa shape index (κ3) is 4.99. The van der Waals surface area contributed by atoms with Crippen LogP contribution < -0.4 is 5.73 Å². The van der Waals surface area contributed by atoms with Crippen molar-refractivity contribution in [2.24, 2.45) is 0 Å². The van der Waals surface area contributed by atoms with Crippen molar-refractivity contribution in [3.8, 4) is 0 Å². The van der Waals surface area contributed by atoms with Gasteiger partial charge in [-0.3, -0.25) is 0 Å². The average Bonchev–Trinajstić information content (AvgIpc) is 2.51. The minimum absolute atomic E-state index is 0.822. The van der Waals surface area contributed by atoms with Crippen LogP contribution in [0.1, 0.15) is 11.1 Å². The zero-order valence-corrected chi connectivity index (χ0v) is 11.4. The molecule has 0 atom stereocenters. The van der Waals surface area contributed by atoms with Gasteiger partial charge in [-0.2, -0.15) is 0 Å². The van der Waals surface area contributed by atoms with E-state index in [0.29, 0.717) is 0 Å². The Hall–Kier alpha value is -2.54. The Balaban J connectivity index is 0.000000178. The van der Waals surface area contributed by atoms with Crippen LogP contribution >= 0.6 is 0 Å². The predicted octanol–water partition coefficient (Wildman–Crippen LogP) is 4.55. The minimum atomic E-state index is 0.822. The number of hydrogen-bond acceptors (Lipinski definition) is 1. The van der Waals surface area contributed by atoms with E-state index in [2.05, 4.69) is 60.7 Å². The monoisotopic (exact) mass is 261 g/mol. The molecule has 0 aliphatic rings. The van der Waals surface area contributed by atoms with Crippen molar-refractivity contribution in [1.82, 2.24) is 0 Å². The second-order valence-corrected chi connectivity index (χ2v) is 4.56. The Kier molecular flexibility index (Phi) is 5.41. The van der Waals surface area contributed by atoms with E-state index in [4.69, 9.17) is 5.73 Å². The minimum Gasteiger partial charge on any atom is -0.399 e. The maximum absolute atomic E-state index is 5.36. The second kappa shape index (κ2) is 7.80. The Morgan fingerprint density at radius 1 is 0.500 bits per heavy atom. The lowest BCUT2D eigenvalue weighted by atomic mass is 10.1. The zero-order valence-electron chi connectivity index (χ0n) is 11.4. The molecule has 0 saturated carbocycles. The molecule has 3 aromatic carbocycles. The van der Waals surface area contributed by atoms with Gasteiger partial charge in [0.15, 0.2) is 0 Å². The summed E-state index contributed by atoms with van der Waals surface area (Å²) >= 11 is 0. The fraction of sp³-hybridized carbons (Fsp3) is 0.0526. The first-order chi connectivity index (χ1) is 9.84. The van der Waals surface area contributed by atoms with E-state index in [0.717, 1.165) is 12.1 Å². The molecule has 0 heterocycles. The van der Waals surface area contributed by atoms with E-state index in [1.54, 1.807) is 0 Å². The van der Waals surface area contributed by atoms with Crippen LogP contribution in [0.5, 0.6) is 0 Å². The quantitative estimate of drug-likeness (QED) is 0.673. The molecule has 1 heteroatoms. The number of para-hydroxylation sites is 1. The van der Waals surface area contributed by atoms with Crippen LogP contribution in [0.3, 0.4) is 0 Å². The van der Waals surface area contributed by atoms with Crippen molar-refractivity contribution in [3.05, 3.63) is 102 Å². The highest BCUT2D eigenvalue weighted by atomic mass is 14.5. The molecule has 0 spiro atoms. The molecular weight excluding hydrogens is 242 g/mol. The van der Waals surface area contributed by atoms with Crippen LogP contribution in [-0.4, -0.2) is 0 Å². The van der Waals surface area contributed by atoms with Crippen LogP contribution in [-0.2, 0) is 6.42 Å². The maximum atomic E-state index is 5.36. The molecule has 0 unspecified atom stereocenters. The van der Waals surface area contributed by atoms with Gasteiger partial charge in [0, 0.05) is 5.69 Å². The number of anilines is 1. The van der Waals surface area contributed by atoms with Crippen LogP contribution in [0.25, 0.3) is 0 Å². The standard InChI is InChI=1S/C13H12.C6H7N/c1-3-7-12(8-4-1)11-13-9-5-2-6-10-13;7-6-4-2-1-3-5-6/h1-10H,11H2;1-5H,7H2.